The maximum absolute atomic E-state index is 9.80. The molecular weight excluding hydrogens is 214 g/mol. The fourth-order valence-corrected chi connectivity index (χ4v) is 2.30. The molecule has 90 valence electrons. The van der Waals surface area contributed by atoms with Gasteiger partial charge in [0.2, 0.25) is 0 Å². The lowest BCUT2D eigenvalue weighted by Gasteiger charge is -2.09. The predicted octanol–water partition coefficient (Wildman–Crippen LogP) is 1.88. The summed E-state index contributed by atoms with van der Waals surface area (Å²) in [6.45, 7) is 2.29. The Morgan fingerprint density at radius 2 is 2.29 bits per heavy atom. The van der Waals surface area contributed by atoms with Crippen molar-refractivity contribution in [3.05, 3.63) is 29.6 Å². The molecule has 3 N–H and O–H groups in total. The topological polar surface area (TPSA) is 64.1 Å². The van der Waals surface area contributed by atoms with Gasteiger partial charge in [0.15, 0.2) is 0 Å². The van der Waals surface area contributed by atoms with Gasteiger partial charge >= 0.3 is 0 Å². The molecule has 2 aromatic rings. The molecule has 1 fully saturated rings. The molecule has 1 saturated carbocycles. The number of benzene rings is 1. The van der Waals surface area contributed by atoms with E-state index in [1.165, 1.54) is 12.8 Å². The average molecular weight is 231 g/mol. The molecule has 1 heterocycles. The molecule has 1 aromatic heterocycles. The number of hydrogen-bond acceptors (Lipinski definition) is 3. The zero-order valence-electron chi connectivity index (χ0n) is 9.93. The van der Waals surface area contributed by atoms with Crippen LogP contribution in [0.4, 0.5) is 0 Å². The number of nitrogens with zero attached hydrogens (tertiary/aromatic N) is 2. The monoisotopic (exact) mass is 231 g/mol. The van der Waals surface area contributed by atoms with E-state index in [0.717, 1.165) is 22.4 Å². The van der Waals surface area contributed by atoms with Gasteiger partial charge in [0.1, 0.15) is 11.9 Å². The van der Waals surface area contributed by atoms with E-state index in [1.54, 1.807) is 6.92 Å². The van der Waals surface area contributed by atoms with Gasteiger partial charge in [-0.2, -0.15) is 0 Å². The molecule has 3 rings (SSSR count). The quantitative estimate of drug-likeness (QED) is 0.847. The Morgan fingerprint density at radius 1 is 1.53 bits per heavy atom. The first-order valence-electron chi connectivity index (χ1n) is 6.09. The number of rotatable bonds is 3. The third kappa shape index (κ3) is 1.73. The van der Waals surface area contributed by atoms with Crippen molar-refractivity contribution in [3.63, 3.8) is 0 Å². The summed E-state index contributed by atoms with van der Waals surface area (Å²) in [5, 5.41) is 9.80. The lowest BCUT2D eigenvalue weighted by atomic mass is 10.2. The highest BCUT2D eigenvalue weighted by Crippen LogP contribution is 2.39. The maximum atomic E-state index is 9.80. The number of nitrogens with two attached hydrogens (primary N) is 1. The van der Waals surface area contributed by atoms with Crippen molar-refractivity contribution >= 4 is 11.0 Å². The summed E-state index contributed by atoms with van der Waals surface area (Å²) in [6, 6.07) is 6.64. The third-order valence-electron chi connectivity index (χ3n) is 3.30. The van der Waals surface area contributed by atoms with Crippen LogP contribution in [-0.2, 0) is 6.54 Å². The van der Waals surface area contributed by atoms with Crippen molar-refractivity contribution in [1.29, 1.82) is 0 Å². The van der Waals surface area contributed by atoms with Gasteiger partial charge in [0.05, 0.1) is 11.0 Å². The van der Waals surface area contributed by atoms with Crippen LogP contribution in [-0.4, -0.2) is 14.7 Å². The maximum Gasteiger partial charge on any atom is 0.138 e. The molecule has 1 aromatic carbocycles. The third-order valence-corrected chi connectivity index (χ3v) is 3.30. The van der Waals surface area contributed by atoms with Gasteiger partial charge in [-0.05, 0) is 37.5 Å². The molecule has 0 bridgehead atoms. The average Bonchev–Trinajstić information content (AvgIpc) is 3.08. The van der Waals surface area contributed by atoms with E-state index in [2.05, 4.69) is 15.6 Å². The second-order valence-electron chi connectivity index (χ2n) is 4.77. The first-order valence-corrected chi connectivity index (χ1v) is 6.09. The summed E-state index contributed by atoms with van der Waals surface area (Å²) in [5.74, 6) is 0.775. The van der Waals surface area contributed by atoms with Crippen molar-refractivity contribution in [2.75, 3.05) is 0 Å². The van der Waals surface area contributed by atoms with Crippen LogP contribution in [0.1, 0.15) is 43.3 Å². The largest absolute Gasteiger partial charge is 0.385 e. The zero-order valence-corrected chi connectivity index (χ0v) is 9.93. The van der Waals surface area contributed by atoms with Crippen molar-refractivity contribution in [1.82, 2.24) is 9.55 Å². The van der Waals surface area contributed by atoms with E-state index in [4.69, 9.17) is 5.73 Å². The van der Waals surface area contributed by atoms with E-state index >= 15 is 0 Å². The molecule has 0 saturated heterocycles. The Kier molecular flexibility index (Phi) is 2.42. The summed E-state index contributed by atoms with van der Waals surface area (Å²) < 4.78 is 2.18. The van der Waals surface area contributed by atoms with E-state index in [-0.39, 0.29) is 0 Å². The van der Waals surface area contributed by atoms with E-state index in [1.807, 2.05) is 12.1 Å². The Labute approximate surface area is 100 Å². The van der Waals surface area contributed by atoms with Crippen LogP contribution in [0.5, 0.6) is 0 Å². The number of aromatic nitrogens is 2. The van der Waals surface area contributed by atoms with Crippen LogP contribution in [0.15, 0.2) is 18.2 Å². The predicted molar refractivity (Wildman–Crippen MR) is 66.5 cm³/mol. The highest BCUT2D eigenvalue weighted by molar-refractivity contribution is 5.77. The van der Waals surface area contributed by atoms with Crippen molar-refractivity contribution < 1.29 is 5.11 Å². The second kappa shape index (κ2) is 3.82. The molecule has 4 nitrogen and oxygen atoms in total. The highest BCUT2D eigenvalue weighted by Gasteiger charge is 2.29. The number of hydrogen-bond donors (Lipinski definition) is 2. The highest BCUT2D eigenvalue weighted by atomic mass is 16.3. The summed E-state index contributed by atoms with van der Waals surface area (Å²) >= 11 is 0. The van der Waals surface area contributed by atoms with Gasteiger partial charge in [0.25, 0.3) is 0 Å². The van der Waals surface area contributed by atoms with Gasteiger partial charge in [-0.25, -0.2) is 4.98 Å². The molecule has 1 atom stereocenters. The fourth-order valence-electron chi connectivity index (χ4n) is 2.30. The smallest absolute Gasteiger partial charge is 0.138 e. The van der Waals surface area contributed by atoms with Crippen LogP contribution in [0.25, 0.3) is 11.0 Å². The number of aliphatic hydroxyl groups is 1. The Hall–Kier alpha value is -1.39. The first kappa shape index (κ1) is 10.7. The van der Waals surface area contributed by atoms with Crippen molar-refractivity contribution in [2.45, 2.75) is 38.5 Å². The van der Waals surface area contributed by atoms with E-state index < -0.39 is 6.10 Å². The fraction of sp³-hybridized carbons (Fsp3) is 0.462. The van der Waals surface area contributed by atoms with E-state index in [0.29, 0.717) is 12.6 Å². The standard InChI is InChI=1S/C13H17N3O/c1-8(17)13-15-11-6-9(7-14)2-5-12(11)16(13)10-3-4-10/h2,5-6,8,10,17H,3-4,7,14H2,1H3/t8-/m1/s1. The number of imidazole rings is 1. The van der Waals surface area contributed by atoms with Gasteiger partial charge < -0.3 is 15.4 Å². The van der Waals surface area contributed by atoms with E-state index in [9.17, 15) is 5.11 Å². The molecule has 0 unspecified atom stereocenters. The van der Waals surface area contributed by atoms with Crippen LogP contribution in [0.2, 0.25) is 0 Å². The molecule has 4 heteroatoms. The van der Waals surface area contributed by atoms with Crippen LogP contribution < -0.4 is 5.73 Å². The molecular formula is C13H17N3O. The molecule has 0 radical (unpaired) electrons. The normalized spacial score (nSPS) is 17.6. The van der Waals surface area contributed by atoms with Gasteiger partial charge in [-0.1, -0.05) is 6.07 Å². The van der Waals surface area contributed by atoms with Gasteiger partial charge in [-0.3, -0.25) is 0 Å². The van der Waals surface area contributed by atoms with Crippen LogP contribution in [0, 0.1) is 0 Å². The summed E-state index contributed by atoms with van der Waals surface area (Å²) in [4.78, 5) is 4.54. The second-order valence-corrected chi connectivity index (χ2v) is 4.77. The molecule has 0 amide bonds. The SMILES string of the molecule is C[C@@H](O)c1nc2cc(CN)ccc2n1C1CC1. The molecule has 1 aliphatic rings. The minimum atomic E-state index is -0.524. The molecule has 1 aliphatic carbocycles. The summed E-state index contributed by atoms with van der Waals surface area (Å²) in [7, 11) is 0. The summed E-state index contributed by atoms with van der Waals surface area (Å²) in [5.41, 5.74) is 8.76. The van der Waals surface area contributed by atoms with Gasteiger partial charge in [0, 0.05) is 12.6 Å². The zero-order chi connectivity index (χ0) is 12.0. The van der Waals surface area contributed by atoms with Crippen molar-refractivity contribution in [3.8, 4) is 0 Å². The van der Waals surface area contributed by atoms with Gasteiger partial charge in [-0.15, -0.1) is 0 Å². The first-order chi connectivity index (χ1) is 8.20. The van der Waals surface area contributed by atoms with Crippen LogP contribution in [0.3, 0.4) is 0 Å². The molecule has 17 heavy (non-hydrogen) atoms. The minimum absolute atomic E-state index is 0.522. The molecule has 0 aliphatic heterocycles. The van der Waals surface area contributed by atoms with Crippen molar-refractivity contribution in [2.24, 2.45) is 5.73 Å². The minimum Gasteiger partial charge on any atom is -0.385 e. The lowest BCUT2D eigenvalue weighted by Crippen LogP contribution is -2.04. The number of fused-ring (bicyclic) bond motifs is 1. The Bertz CT molecular complexity index is 555. The summed E-state index contributed by atoms with van der Waals surface area (Å²) in [6.07, 6.45) is 1.84. The Balaban J connectivity index is 2.22. The number of aliphatic hydroxyl groups excluding tert-OH is 1. The lowest BCUT2D eigenvalue weighted by molar-refractivity contribution is 0.184. The van der Waals surface area contributed by atoms with Crippen LogP contribution >= 0.6 is 0 Å². The Morgan fingerprint density at radius 3 is 2.88 bits per heavy atom. The molecule has 0 spiro atoms.